The minimum absolute atomic E-state index is 0.505. The molecular weight excluding hydrogens is 182 g/mol. The average molecular weight is 193 g/mol. The van der Waals surface area contributed by atoms with Gasteiger partial charge in [0.15, 0.2) is 0 Å². The number of thiol groups is 1. The highest BCUT2D eigenvalue weighted by Crippen LogP contribution is 2.03. The molecule has 0 amide bonds. The van der Waals surface area contributed by atoms with Crippen LogP contribution in [0.4, 0.5) is 0 Å². The van der Waals surface area contributed by atoms with Gasteiger partial charge in [0, 0.05) is 11.5 Å². The first-order valence-electron chi connectivity index (χ1n) is 3.03. The second-order valence-electron chi connectivity index (χ2n) is 1.85. The fraction of sp³-hybridized carbons (Fsp3) is 0.500. The van der Waals surface area contributed by atoms with E-state index in [1.54, 1.807) is 6.08 Å². The number of carboxylic acids is 1. The molecule has 0 fully saturated rings. The lowest BCUT2D eigenvalue weighted by Crippen LogP contribution is -2.33. The Morgan fingerprint density at radius 3 is 2.91 bits per heavy atom. The van der Waals surface area contributed by atoms with E-state index < -0.39 is 12.0 Å². The summed E-state index contributed by atoms with van der Waals surface area (Å²) in [7, 11) is 0. The Hall–Kier alpha value is -0.130. The largest absolute Gasteiger partial charge is 0.480 e. The summed E-state index contributed by atoms with van der Waals surface area (Å²) in [4.78, 5) is 10.4. The molecule has 0 saturated carbocycles. The molecule has 3 nitrogen and oxygen atoms in total. The highest BCUT2D eigenvalue weighted by atomic mass is 32.2. The normalized spacial score (nSPS) is 12.5. The average Bonchev–Trinajstić information content (AvgIpc) is 1.97. The van der Waals surface area contributed by atoms with Crippen LogP contribution < -0.4 is 4.72 Å². The van der Waals surface area contributed by atoms with Crippen molar-refractivity contribution >= 4 is 30.5 Å². The number of rotatable bonds is 6. The van der Waals surface area contributed by atoms with E-state index in [4.69, 9.17) is 5.11 Å². The van der Waals surface area contributed by atoms with Gasteiger partial charge < -0.3 is 5.11 Å². The minimum atomic E-state index is -0.878. The van der Waals surface area contributed by atoms with Gasteiger partial charge in [-0.25, -0.2) is 0 Å². The fourth-order valence-electron chi connectivity index (χ4n) is 0.433. The Morgan fingerprint density at radius 2 is 2.55 bits per heavy atom. The molecule has 5 heteroatoms. The first-order valence-corrected chi connectivity index (χ1v) is 4.63. The van der Waals surface area contributed by atoms with E-state index in [0.29, 0.717) is 5.75 Å². The molecule has 0 unspecified atom stereocenters. The lowest BCUT2D eigenvalue weighted by Gasteiger charge is -2.07. The van der Waals surface area contributed by atoms with Crippen molar-refractivity contribution in [2.75, 3.05) is 11.5 Å². The third-order valence-corrected chi connectivity index (χ3v) is 2.33. The Bertz CT molecular complexity index is 141. The van der Waals surface area contributed by atoms with E-state index in [1.165, 1.54) is 11.8 Å². The van der Waals surface area contributed by atoms with Gasteiger partial charge >= 0.3 is 5.97 Å². The molecule has 64 valence electrons. The third kappa shape index (κ3) is 5.17. The molecule has 0 rings (SSSR count). The monoisotopic (exact) mass is 193 g/mol. The third-order valence-electron chi connectivity index (χ3n) is 0.974. The van der Waals surface area contributed by atoms with Gasteiger partial charge in [0.1, 0.15) is 6.04 Å². The summed E-state index contributed by atoms with van der Waals surface area (Å²) in [6, 6.07) is -0.580. The maximum Gasteiger partial charge on any atom is 0.322 e. The number of hydrogen-bond acceptors (Lipinski definition) is 4. The maximum atomic E-state index is 10.4. The molecule has 2 N–H and O–H groups in total. The summed E-state index contributed by atoms with van der Waals surface area (Å²) in [5, 5.41) is 8.52. The highest BCUT2D eigenvalue weighted by molar-refractivity contribution is 7.99. The van der Waals surface area contributed by atoms with Crippen molar-refractivity contribution < 1.29 is 9.90 Å². The molecule has 0 aromatic heterocycles. The minimum Gasteiger partial charge on any atom is -0.480 e. The number of aliphatic carboxylic acids is 1. The summed E-state index contributed by atoms with van der Waals surface area (Å²) >= 11 is 5.19. The molecule has 0 aliphatic heterocycles. The van der Waals surface area contributed by atoms with Crippen LogP contribution >= 0.6 is 24.6 Å². The molecule has 0 heterocycles. The summed E-state index contributed by atoms with van der Waals surface area (Å²) in [6.45, 7) is 3.52. The van der Waals surface area contributed by atoms with Gasteiger partial charge in [0.25, 0.3) is 0 Å². The van der Waals surface area contributed by atoms with Crippen molar-refractivity contribution in [3.05, 3.63) is 12.7 Å². The van der Waals surface area contributed by atoms with Gasteiger partial charge in [-0.1, -0.05) is 18.9 Å². The van der Waals surface area contributed by atoms with Gasteiger partial charge in [-0.15, -0.1) is 6.58 Å². The first kappa shape index (κ1) is 10.9. The summed E-state index contributed by atoms with van der Waals surface area (Å²) < 4.78 is 2.40. The van der Waals surface area contributed by atoms with Crippen LogP contribution in [0.15, 0.2) is 12.7 Å². The van der Waals surface area contributed by atoms with Gasteiger partial charge in [0.05, 0.1) is 0 Å². The lowest BCUT2D eigenvalue weighted by atomic mass is 10.4. The van der Waals surface area contributed by atoms with Crippen molar-refractivity contribution in [3.8, 4) is 0 Å². The predicted molar refractivity (Wildman–Crippen MR) is 51.1 cm³/mol. The Labute approximate surface area is 75.8 Å². The first-order chi connectivity index (χ1) is 5.22. The second kappa shape index (κ2) is 6.57. The SMILES string of the molecule is C=CCSC[C@H](NS)C(=O)O. The fourth-order valence-corrected chi connectivity index (χ4v) is 1.52. The zero-order chi connectivity index (χ0) is 8.69. The van der Waals surface area contributed by atoms with E-state index in [2.05, 4.69) is 24.1 Å². The van der Waals surface area contributed by atoms with Crippen LogP contribution in [-0.4, -0.2) is 28.6 Å². The van der Waals surface area contributed by atoms with E-state index in [1.807, 2.05) is 0 Å². The van der Waals surface area contributed by atoms with Crippen molar-refractivity contribution in [2.45, 2.75) is 6.04 Å². The zero-order valence-corrected chi connectivity index (χ0v) is 7.70. The predicted octanol–water partition coefficient (Wildman–Crippen LogP) is 0.793. The molecule has 0 aliphatic rings. The number of carboxylic acid groups (broad SMARTS) is 1. The summed E-state index contributed by atoms with van der Waals surface area (Å²) in [6.07, 6.45) is 1.74. The molecule has 1 atom stereocenters. The smallest absolute Gasteiger partial charge is 0.322 e. The molecule has 0 radical (unpaired) electrons. The second-order valence-corrected chi connectivity index (χ2v) is 3.18. The molecule has 0 aliphatic carbocycles. The van der Waals surface area contributed by atoms with E-state index in [0.717, 1.165) is 5.75 Å². The van der Waals surface area contributed by atoms with Crippen LogP contribution in [0, 0.1) is 0 Å². The van der Waals surface area contributed by atoms with Crippen LogP contribution in [0.25, 0.3) is 0 Å². The van der Waals surface area contributed by atoms with E-state index in [9.17, 15) is 4.79 Å². The molecule has 0 saturated heterocycles. The molecule has 11 heavy (non-hydrogen) atoms. The van der Waals surface area contributed by atoms with Crippen LogP contribution in [0.3, 0.4) is 0 Å². The number of nitrogens with one attached hydrogen (secondary N) is 1. The topological polar surface area (TPSA) is 49.3 Å². The molecule has 0 spiro atoms. The van der Waals surface area contributed by atoms with Gasteiger partial charge in [0.2, 0.25) is 0 Å². The number of thioether (sulfide) groups is 1. The Balaban J connectivity index is 3.52. The Morgan fingerprint density at radius 1 is 1.91 bits per heavy atom. The lowest BCUT2D eigenvalue weighted by molar-refractivity contribution is -0.138. The van der Waals surface area contributed by atoms with Crippen LogP contribution in [0.2, 0.25) is 0 Å². The van der Waals surface area contributed by atoms with Crippen molar-refractivity contribution in [1.82, 2.24) is 4.72 Å². The molecule has 0 aromatic rings. The van der Waals surface area contributed by atoms with Gasteiger partial charge in [-0.3, -0.25) is 9.52 Å². The highest BCUT2D eigenvalue weighted by Gasteiger charge is 2.13. The zero-order valence-electron chi connectivity index (χ0n) is 5.99. The van der Waals surface area contributed by atoms with Crippen molar-refractivity contribution in [2.24, 2.45) is 0 Å². The number of hydrogen-bond donors (Lipinski definition) is 3. The molecule has 0 aromatic carbocycles. The maximum absolute atomic E-state index is 10.4. The molecule has 0 bridgehead atoms. The standard InChI is InChI=1S/C6H11NO2S2/c1-2-3-11-4-5(7-10)6(8)9/h2,5,7,10H,1,3-4H2,(H,8,9)/t5-/m0/s1. The Kier molecular flexibility index (Phi) is 6.49. The van der Waals surface area contributed by atoms with E-state index in [-0.39, 0.29) is 0 Å². The van der Waals surface area contributed by atoms with Crippen LogP contribution in [-0.2, 0) is 4.79 Å². The summed E-state index contributed by atoms with van der Waals surface area (Å²) in [5.41, 5.74) is 0. The summed E-state index contributed by atoms with van der Waals surface area (Å²) in [5.74, 6) is 0.390. The van der Waals surface area contributed by atoms with Crippen molar-refractivity contribution in [1.29, 1.82) is 0 Å². The van der Waals surface area contributed by atoms with Crippen LogP contribution in [0.5, 0.6) is 0 Å². The van der Waals surface area contributed by atoms with Gasteiger partial charge in [-0.05, 0) is 0 Å². The van der Waals surface area contributed by atoms with Crippen LogP contribution in [0.1, 0.15) is 0 Å². The van der Waals surface area contributed by atoms with Gasteiger partial charge in [-0.2, -0.15) is 11.8 Å². The molecular formula is C6H11NO2S2. The van der Waals surface area contributed by atoms with Crippen molar-refractivity contribution in [3.63, 3.8) is 0 Å². The van der Waals surface area contributed by atoms with E-state index >= 15 is 0 Å². The number of carbonyl (C=O) groups is 1. The quantitative estimate of drug-likeness (QED) is 0.332.